The molecule has 1 saturated heterocycles. The van der Waals surface area contributed by atoms with Gasteiger partial charge in [0, 0.05) is 35.1 Å². The van der Waals surface area contributed by atoms with Crippen LogP contribution in [0.2, 0.25) is 0 Å². The second-order valence-corrected chi connectivity index (χ2v) is 10.7. The lowest BCUT2D eigenvalue weighted by molar-refractivity contribution is -0.150. The number of carboxylic acid groups (broad SMARTS) is 1. The van der Waals surface area contributed by atoms with Gasteiger partial charge in [0.15, 0.2) is 0 Å². The van der Waals surface area contributed by atoms with E-state index < -0.39 is 42.0 Å². The van der Waals surface area contributed by atoms with Gasteiger partial charge in [0.05, 0.1) is 6.04 Å². The van der Waals surface area contributed by atoms with Crippen molar-refractivity contribution in [2.24, 2.45) is 5.92 Å². The van der Waals surface area contributed by atoms with Crippen LogP contribution >= 0.6 is 0 Å². The Balaban J connectivity index is 1.37. The lowest BCUT2D eigenvalue weighted by Gasteiger charge is -2.38. The first-order valence-electron chi connectivity index (χ1n) is 13.1. The smallest absolute Gasteiger partial charge is 0.326 e. The van der Waals surface area contributed by atoms with Crippen LogP contribution in [0.5, 0.6) is 0 Å². The fourth-order valence-corrected chi connectivity index (χ4v) is 6.37. The average Bonchev–Trinajstić information content (AvgIpc) is 3.61. The number of nitrogens with zero attached hydrogens (tertiary/aromatic N) is 2. The quantitative estimate of drug-likeness (QED) is 0.483. The van der Waals surface area contributed by atoms with Crippen LogP contribution in [0.4, 0.5) is 0 Å². The summed E-state index contributed by atoms with van der Waals surface area (Å²) in [6.45, 7) is 4.00. The van der Waals surface area contributed by atoms with Crippen molar-refractivity contribution >= 4 is 34.6 Å². The summed E-state index contributed by atoms with van der Waals surface area (Å²) < 4.78 is 0. The maximum Gasteiger partial charge on any atom is 0.326 e. The molecule has 38 heavy (non-hydrogen) atoms. The monoisotopic (exact) mass is 514 g/mol. The van der Waals surface area contributed by atoms with E-state index in [2.05, 4.69) is 10.3 Å². The zero-order chi connectivity index (χ0) is 26.7. The van der Waals surface area contributed by atoms with E-state index in [1.54, 1.807) is 11.0 Å². The molecule has 3 amide bonds. The molecule has 0 radical (unpaired) electrons. The second kappa shape index (κ2) is 9.01. The molecule has 6 rings (SSSR count). The van der Waals surface area contributed by atoms with Gasteiger partial charge in [-0.25, -0.2) is 4.79 Å². The number of aromatic nitrogens is 1. The van der Waals surface area contributed by atoms with Crippen LogP contribution in [0.1, 0.15) is 59.9 Å². The van der Waals surface area contributed by atoms with Crippen molar-refractivity contribution in [2.75, 3.05) is 6.54 Å². The largest absolute Gasteiger partial charge is 0.480 e. The highest BCUT2D eigenvalue weighted by atomic mass is 16.4. The van der Waals surface area contributed by atoms with Gasteiger partial charge in [-0.2, -0.15) is 0 Å². The Labute approximate surface area is 219 Å². The summed E-state index contributed by atoms with van der Waals surface area (Å²) in [6, 6.07) is 12.3. The maximum atomic E-state index is 14.0. The van der Waals surface area contributed by atoms with Crippen molar-refractivity contribution in [1.82, 2.24) is 20.1 Å². The summed E-state index contributed by atoms with van der Waals surface area (Å²) in [7, 11) is 0. The Morgan fingerprint density at radius 2 is 1.79 bits per heavy atom. The maximum absolute atomic E-state index is 14.0. The molecule has 0 saturated carbocycles. The van der Waals surface area contributed by atoms with Crippen molar-refractivity contribution in [2.45, 2.75) is 57.3 Å². The third-order valence-corrected chi connectivity index (χ3v) is 8.21. The minimum absolute atomic E-state index is 0.215. The number of carbonyl (C=O) groups excluding carboxylic acids is 3. The molecule has 0 bridgehead atoms. The van der Waals surface area contributed by atoms with E-state index in [0.29, 0.717) is 31.4 Å². The fourth-order valence-electron chi connectivity index (χ4n) is 6.37. The van der Waals surface area contributed by atoms with E-state index in [1.165, 1.54) is 4.90 Å². The number of nitrogens with one attached hydrogen (secondary N) is 2. The number of hydrogen-bond donors (Lipinski definition) is 3. The van der Waals surface area contributed by atoms with Gasteiger partial charge in [0.25, 0.3) is 5.91 Å². The molecule has 3 aromatic rings. The fraction of sp³-hybridized carbons (Fsp3) is 0.379. The molecule has 4 heterocycles. The molecule has 0 unspecified atom stereocenters. The Kier molecular flexibility index (Phi) is 5.74. The van der Waals surface area contributed by atoms with E-state index in [4.69, 9.17) is 0 Å². The number of amides is 3. The third kappa shape index (κ3) is 3.60. The molecule has 1 fully saturated rings. The van der Waals surface area contributed by atoms with Crippen molar-refractivity contribution in [3.8, 4) is 0 Å². The van der Waals surface area contributed by atoms with Gasteiger partial charge in [-0.05, 0) is 42.0 Å². The topological polar surface area (TPSA) is 123 Å². The van der Waals surface area contributed by atoms with Crippen LogP contribution in [-0.4, -0.2) is 68.3 Å². The van der Waals surface area contributed by atoms with Crippen LogP contribution in [-0.2, 0) is 20.8 Å². The molecule has 3 aliphatic rings. The zero-order valence-electron chi connectivity index (χ0n) is 21.3. The first kappa shape index (κ1) is 24.2. The number of hydrogen-bond acceptors (Lipinski definition) is 4. The van der Waals surface area contributed by atoms with Gasteiger partial charge < -0.3 is 25.2 Å². The summed E-state index contributed by atoms with van der Waals surface area (Å²) in [4.78, 5) is 59.3. The van der Waals surface area contributed by atoms with E-state index in [9.17, 15) is 24.3 Å². The van der Waals surface area contributed by atoms with Crippen LogP contribution in [0.3, 0.4) is 0 Å². The van der Waals surface area contributed by atoms with Gasteiger partial charge in [-0.1, -0.05) is 50.2 Å². The third-order valence-electron chi connectivity index (χ3n) is 8.21. The number of H-pyrrole nitrogens is 1. The van der Waals surface area contributed by atoms with Crippen LogP contribution in [0.25, 0.3) is 10.9 Å². The molecule has 2 aromatic carbocycles. The van der Waals surface area contributed by atoms with Gasteiger partial charge >= 0.3 is 5.97 Å². The lowest BCUT2D eigenvalue weighted by Crippen LogP contribution is -2.59. The number of carboxylic acids is 1. The Bertz CT molecular complexity index is 1480. The number of benzene rings is 2. The molecule has 0 aliphatic carbocycles. The highest BCUT2D eigenvalue weighted by Gasteiger charge is 2.49. The minimum atomic E-state index is -1.04. The highest BCUT2D eigenvalue weighted by Crippen LogP contribution is 2.46. The minimum Gasteiger partial charge on any atom is -0.480 e. The number of para-hydroxylation sites is 1. The van der Waals surface area contributed by atoms with Crippen molar-refractivity contribution < 1.29 is 24.3 Å². The van der Waals surface area contributed by atoms with E-state index in [-0.39, 0.29) is 11.8 Å². The van der Waals surface area contributed by atoms with Crippen LogP contribution < -0.4 is 5.32 Å². The van der Waals surface area contributed by atoms with Crippen molar-refractivity contribution in [3.05, 3.63) is 70.9 Å². The molecule has 1 aromatic heterocycles. The average molecular weight is 515 g/mol. The van der Waals surface area contributed by atoms with E-state index >= 15 is 0 Å². The van der Waals surface area contributed by atoms with E-state index in [1.807, 2.05) is 56.3 Å². The van der Waals surface area contributed by atoms with Crippen molar-refractivity contribution in [3.63, 3.8) is 0 Å². The molecule has 9 nitrogen and oxygen atoms in total. The summed E-state index contributed by atoms with van der Waals surface area (Å²) >= 11 is 0. The number of likely N-dealkylation sites (tertiary alicyclic amines) is 1. The Hall–Kier alpha value is -4.14. The van der Waals surface area contributed by atoms with Crippen molar-refractivity contribution in [1.29, 1.82) is 0 Å². The SMILES string of the molecule is CC(C)[C@H](NC(=O)[C@@H]1Cc2c([nH]c3ccccc23)[C@@H]2c3ccccc3C(=O)N21)C(=O)N1CCC[C@@H]1C(=O)O. The molecule has 3 aliphatic heterocycles. The van der Waals surface area contributed by atoms with Gasteiger partial charge in [0.2, 0.25) is 11.8 Å². The first-order chi connectivity index (χ1) is 18.3. The molecule has 196 valence electrons. The summed E-state index contributed by atoms with van der Waals surface area (Å²) in [5, 5.41) is 13.5. The molecular formula is C29H30N4O5. The number of aliphatic carboxylic acids is 1. The van der Waals surface area contributed by atoms with Gasteiger partial charge in [-0.15, -0.1) is 0 Å². The molecule has 0 spiro atoms. The summed E-state index contributed by atoms with van der Waals surface area (Å²) in [5.74, 6) is -2.32. The van der Waals surface area contributed by atoms with Crippen LogP contribution in [0, 0.1) is 5.92 Å². The first-order valence-corrected chi connectivity index (χ1v) is 13.1. The van der Waals surface area contributed by atoms with Crippen LogP contribution in [0.15, 0.2) is 48.5 Å². The Morgan fingerprint density at radius 3 is 2.55 bits per heavy atom. The Morgan fingerprint density at radius 1 is 1.05 bits per heavy atom. The van der Waals surface area contributed by atoms with Gasteiger partial charge in [0.1, 0.15) is 18.1 Å². The number of aromatic amines is 1. The molecule has 4 atom stereocenters. The number of rotatable bonds is 5. The van der Waals surface area contributed by atoms with E-state index in [0.717, 1.165) is 27.7 Å². The zero-order valence-corrected chi connectivity index (χ0v) is 21.3. The predicted molar refractivity (Wildman–Crippen MR) is 139 cm³/mol. The molecule has 9 heteroatoms. The lowest BCUT2D eigenvalue weighted by atomic mass is 9.89. The molecular weight excluding hydrogens is 484 g/mol. The normalized spacial score (nSPS) is 22.8. The summed E-state index contributed by atoms with van der Waals surface area (Å²) in [6.07, 6.45) is 1.31. The predicted octanol–water partition coefficient (Wildman–Crippen LogP) is 2.85. The highest BCUT2D eigenvalue weighted by molar-refractivity contribution is 6.04. The van der Waals surface area contributed by atoms with Gasteiger partial charge in [-0.3, -0.25) is 14.4 Å². The number of carbonyl (C=O) groups is 4. The standard InChI is InChI=1S/C29H30N4O5/c1-15(2)23(28(36)32-13-7-12-21(32)29(37)38)31-26(34)22-14-19-16-8-5-6-11-20(16)30-24(19)25-17-9-3-4-10-18(17)27(35)33(22)25/h3-6,8-11,15,21-23,25,30H,7,12-14H2,1-2H3,(H,31,34)(H,37,38)/t21-,22+,23+,25+/m1/s1. The number of fused-ring (bicyclic) bond motifs is 7. The second-order valence-electron chi connectivity index (χ2n) is 10.7. The molecule has 3 N–H and O–H groups in total. The summed E-state index contributed by atoms with van der Waals surface area (Å²) in [5.41, 5.74) is 4.26.